The van der Waals surface area contributed by atoms with Crippen LogP contribution in [0.25, 0.3) is 0 Å². The molecule has 2 bridgehead atoms. The Bertz CT molecular complexity index is 773. The van der Waals surface area contributed by atoms with Crippen molar-refractivity contribution in [3.63, 3.8) is 0 Å². The summed E-state index contributed by atoms with van der Waals surface area (Å²) in [4.78, 5) is 14.8. The quantitative estimate of drug-likeness (QED) is 0.832. The monoisotopic (exact) mass is 313 g/mol. The lowest BCUT2D eigenvalue weighted by molar-refractivity contribution is -0.151. The molecule has 5 heteroatoms. The summed E-state index contributed by atoms with van der Waals surface area (Å²) in [7, 11) is 3.65. The Hall–Kier alpha value is -1.85. The molecule has 2 heterocycles. The molecule has 120 valence electrons. The van der Waals surface area contributed by atoms with E-state index >= 15 is 0 Å². The zero-order valence-electron chi connectivity index (χ0n) is 13.2. The number of ketones is 1. The maximum absolute atomic E-state index is 12.6. The molecule has 1 N–H and O–H groups in total. The number of nitrogens with zero attached hydrogens (tertiary/aromatic N) is 1. The number of carbonyl (C=O) groups is 1. The van der Waals surface area contributed by atoms with Gasteiger partial charge >= 0.3 is 0 Å². The lowest BCUT2D eigenvalue weighted by Gasteiger charge is -2.60. The van der Waals surface area contributed by atoms with Gasteiger partial charge in [0, 0.05) is 11.6 Å². The minimum atomic E-state index is -1.08. The van der Waals surface area contributed by atoms with Gasteiger partial charge in [-0.25, -0.2) is 0 Å². The van der Waals surface area contributed by atoms with E-state index in [0.29, 0.717) is 17.9 Å². The van der Waals surface area contributed by atoms with Crippen molar-refractivity contribution in [1.82, 2.24) is 4.90 Å². The summed E-state index contributed by atoms with van der Waals surface area (Å²) >= 11 is 0. The number of hydrogen-bond donors (Lipinski definition) is 1. The molecule has 0 radical (unpaired) electrons. The van der Waals surface area contributed by atoms with Crippen LogP contribution in [-0.2, 0) is 16.6 Å². The number of ether oxygens (including phenoxy) is 2. The van der Waals surface area contributed by atoms with Crippen LogP contribution in [0, 0.1) is 0 Å². The van der Waals surface area contributed by atoms with Gasteiger partial charge < -0.3 is 14.6 Å². The number of rotatable bonds is 1. The molecule has 1 aromatic carbocycles. The van der Waals surface area contributed by atoms with Gasteiger partial charge in [-0.05, 0) is 50.2 Å². The van der Waals surface area contributed by atoms with E-state index in [2.05, 4.69) is 11.0 Å². The second kappa shape index (κ2) is 3.97. The highest BCUT2D eigenvalue weighted by atomic mass is 16.5. The largest absolute Gasteiger partial charge is 0.493 e. The van der Waals surface area contributed by atoms with Gasteiger partial charge in [0.05, 0.1) is 12.5 Å². The zero-order chi connectivity index (χ0) is 16.0. The topological polar surface area (TPSA) is 59.0 Å². The van der Waals surface area contributed by atoms with E-state index in [0.717, 1.165) is 24.1 Å². The van der Waals surface area contributed by atoms with Crippen molar-refractivity contribution in [3.05, 3.63) is 35.4 Å². The molecular weight excluding hydrogens is 294 g/mol. The van der Waals surface area contributed by atoms with E-state index in [1.165, 1.54) is 6.08 Å². The van der Waals surface area contributed by atoms with Gasteiger partial charge in [0.25, 0.3) is 0 Å². The molecule has 5 rings (SSSR count). The molecule has 0 saturated carbocycles. The Labute approximate surface area is 134 Å². The van der Waals surface area contributed by atoms with Gasteiger partial charge in [-0.1, -0.05) is 6.07 Å². The minimum absolute atomic E-state index is 0.0430. The van der Waals surface area contributed by atoms with Crippen LogP contribution in [0.3, 0.4) is 0 Å². The van der Waals surface area contributed by atoms with Crippen molar-refractivity contribution >= 4 is 5.78 Å². The number of hydrogen-bond acceptors (Lipinski definition) is 5. The molecular formula is C18H19NO4. The van der Waals surface area contributed by atoms with E-state index < -0.39 is 17.1 Å². The van der Waals surface area contributed by atoms with Gasteiger partial charge in [0.1, 0.15) is 5.60 Å². The number of piperidine rings is 1. The summed E-state index contributed by atoms with van der Waals surface area (Å²) < 4.78 is 11.6. The van der Waals surface area contributed by atoms with E-state index in [-0.39, 0.29) is 11.8 Å². The summed E-state index contributed by atoms with van der Waals surface area (Å²) in [6.07, 6.45) is 4.00. The summed E-state index contributed by atoms with van der Waals surface area (Å²) in [6, 6.07) is 3.92. The molecule has 4 atom stereocenters. The van der Waals surface area contributed by atoms with Crippen molar-refractivity contribution in [2.24, 2.45) is 0 Å². The third-order valence-corrected chi connectivity index (χ3v) is 6.34. The Morgan fingerprint density at radius 3 is 3.04 bits per heavy atom. The molecule has 2 aliphatic carbocycles. The fraction of sp³-hybridized carbons (Fsp3) is 0.500. The fourth-order valence-corrected chi connectivity index (χ4v) is 5.28. The molecule has 5 nitrogen and oxygen atoms in total. The van der Waals surface area contributed by atoms with Crippen LogP contribution < -0.4 is 9.47 Å². The van der Waals surface area contributed by atoms with Crippen molar-refractivity contribution in [2.75, 3.05) is 20.7 Å². The summed E-state index contributed by atoms with van der Waals surface area (Å²) in [5.41, 5.74) is 0.385. The highest BCUT2D eigenvalue weighted by Crippen LogP contribution is 2.63. The van der Waals surface area contributed by atoms with Gasteiger partial charge in [0.2, 0.25) is 0 Å². The SMILES string of the molecule is COc1ccc2c3c1O[C@H]1C(=O)C=CC4(O)C(C2)N(C)CC[C@]314. The van der Waals surface area contributed by atoms with Crippen molar-refractivity contribution in [3.8, 4) is 11.5 Å². The maximum atomic E-state index is 12.6. The minimum Gasteiger partial charge on any atom is -0.493 e. The van der Waals surface area contributed by atoms with Crippen LogP contribution in [0.2, 0.25) is 0 Å². The number of likely N-dealkylation sites (tertiary alicyclic amines) is 1. The molecule has 1 fully saturated rings. The third-order valence-electron chi connectivity index (χ3n) is 6.34. The van der Waals surface area contributed by atoms with Crippen LogP contribution in [0.5, 0.6) is 11.5 Å². The lowest BCUT2D eigenvalue weighted by Crippen LogP contribution is -2.74. The molecule has 1 aromatic rings. The van der Waals surface area contributed by atoms with Crippen LogP contribution >= 0.6 is 0 Å². The predicted molar refractivity (Wildman–Crippen MR) is 82.9 cm³/mol. The lowest BCUT2D eigenvalue weighted by atomic mass is 9.51. The van der Waals surface area contributed by atoms with Crippen LogP contribution in [0.1, 0.15) is 17.5 Å². The Morgan fingerprint density at radius 2 is 2.26 bits per heavy atom. The van der Waals surface area contributed by atoms with E-state index in [4.69, 9.17) is 9.47 Å². The van der Waals surface area contributed by atoms with Gasteiger partial charge in [-0.15, -0.1) is 0 Å². The van der Waals surface area contributed by atoms with Crippen molar-refractivity contribution in [1.29, 1.82) is 0 Å². The summed E-state index contributed by atoms with van der Waals surface area (Å²) in [6.45, 7) is 0.837. The Kier molecular flexibility index (Phi) is 2.34. The average Bonchev–Trinajstić information content (AvgIpc) is 2.90. The number of aliphatic hydroxyl groups is 1. The second-order valence-electron chi connectivity index (χ2n) is 7.11. The Balaban J connectivity index is 1.89. The first-order chi connectivity index (χ1) is 11.0. The highest BCUT2D eigenvalue weighted by molar-refractivity contribution is 5.99. The highest BCUT2D eigenvalue weighted by Gasteiger charge is 2.71. The second-order valence-corrected chi connectivity index (χ2v) is 7.11. The molecule has 0 amide bonds. The van der Waals surface area contributed by atoms with E-state index in [1.807, 2.05) is 13.1 Å². The molecule has 2 unspecified atom stereocenters. The number of likely N-dealkylation sites (N-methyl/N-ethyl adjacent to an activating group) is 1. The van der Waals surface area contributed by atoms with Gasteiger partial charge in [-0.3, -0.25) is 9.69 Å². The van der Waals surface area contributed by atoms with Crippen LogP contribution in [-0.4, -0.2) is 54.2 Å². The molecule has 1 saturated heterocycles. The van der Waals surface area contributed by atoms with Gasteiger partial charge in [-0.2, -0.15) is 0 Å². The molecule has 2 aliphatic heterocycles. The smallest absolute Gasteiger partial charge is 0.196 e. The van der Waals surface area contributed by atoms with Crippen LogP contribution in [0.4, 0.5) is 0 Å². The van der Waals surface area contributed by atoms with Crippen molar-refractivity contribution in [2.45, 2.75) is 36.0 Å². The first-order valence-electron chi connectivity index (χ1n) is 8.05. The predicted octanol–water partition coefficient (Wildman–Crippen LogP) is 0.824. The van der Waals surface area contributed by atoms with Gasteiger partial charge in [0.15, 0.2) is 23.4 Å². The number of benzene rings is 1. The molecule has 23 heavy (non-hydrogen) atoms. The van der Waals surface area contributed by atoms with Crippen molar-refractivity contribution < 1.29 is 19.4 Å². The molecule has 0 aromatic heterocycles. The number of methoxy groups -OCH3 is 1. The zero-order valence-corrected chi connectivity index (χ0v) is 13.2. The van der Waals surface area contributed by atoms with Crippen LogP contribution in [0.15, 0.2) is 24.3 Å². The third kappa shape index (κ3) is 1.28. The first-order valence-corrected chi connectivity index (χ1v) is 8.05. The van der Waals surface area contributed by atoms with E-state index in [1.54, 1.807) is 13.2 Å². The molecule has 1 spiro atoms. The fourth-order valence-electron chi connectivity index (χ4n) is 5.28. The Morgan fingerprint density at radius 1 is 1.43 bits per heavy atom. The summed E-state index contributed by atoms with van der Waals surface area (Å²) in [5.74, 6) is 1.22. The molecule has 4 aliphatic rings. The normalized spacial score (nSPS) is 39.9. The average molecular weight is 313 g/mol. The standard InChI is InChI=1S/C18H19NO4/c1-19-8-7-17-14-10-3-4-12(22-2)15(14)23-16(17)11(20)5-6-18(17,21)13(19)9-10/h3-6,13,16,21H,7-9H2,1-2H3/t13?,16-,17-,18?/m0/s1. The maximum Gasteiger partial charge on any atom is 0.196 e. The number of carbonyl (C=O) groups excluding carboxylic acids is 1. The first kappa shape index (κ1) is 13.6. The summed E-state index contributed by atoms with van der Waals surface area (Å²) in [5, 5.41) is 11.7. The van der Waals surface area contributed by atoms with E-state index in [9.17, 15) is 9.90 Å².